The van der Waals surface area contributed by atoms with Crippen molar-refractivity contribution in [1.29, 1.82) is 0 Å². The molecule has 0 amide bonds. The Hall–Kier alpha value is -3.76. The summed E-state index contributed by atoms with van der Waals surface area (Å²) in [5, 5.41) is 12.7. The Kier molecular flexibility index (Phi) is 10.9. The van der Waals surface area contributed by atoms with E-state index in [1.54, 1.807) is 0 Å². The van der Waals surface area contributed by atoms with Crippen LogP contribution in [0, 0.1) is 0 Å². The van der Waals surface area contributed by atoms with E-state index in [2.05, 4.69) is 79.3 Å². The number of carbonyl (C=O) groups is 1. The van der Waals surface area contributed by atoms with Crippen LogP contribution in [0.5, 0.6) is 0 Å². The van der Waals surface area contributed by atoms with E-state index < -0.39 is 0 Å². The van der Waals surface area contributed by atoms with Crippen LogP contribution in [0.25, 0.3) is 22.3 Å². The van der Waals surface area contributed by atoms with Gasteiger partial charge in [0.15, 0.2) is 5.65 Å². The number of ether oxygens (including phenoxy) is 2. The third-order valence-corrected chi connectivity index (χ3v) is 7.97. The van der Waals surface area contributed by atoms with Crippen molar-refractivity contribution >= 4 is 38.8 Å². The molecule has 0 saturated heterocycles. The molecule has 3 heterocycles. The highest BCUT2D eigenvalue weighted by molar-refractivity contribution is 9.10. The smallest absolute Gasteiger partial charge is 0.303 e. The quantitative estimate of drug-likeness (QED) is 0.145. The molecule has 0 fully saturated rings. The maximum Gasteiger partial charge on any atom is 0.303 e. The zero-order chi connectivity index (χ0) is 29.6. The van der Waals surface area contributed by atoms with Gasteiger partial charge in [0.25, 0.3) is 0 Å². The highest BCUT2D eigenvalue weighted by Gasteiger charge is 2.29. The first-order chi connectivity index (χ1) is 20.4. The normalized spacial score (nSPS) is 14.9. The van der Waals surface area contributed by atoms with Crippen LogP contribution in [0.2, 0.25) is 0 Å². The first-order valence-electron chi connectivity index (χ1n) is 14.4. The van der Waals surface area contributed by atoms with Crippen molar-refractivity contribution in [2.75, 3.05) is 6.61 Å². The highest BCUT2D eigenvalue weighted by Crippen LogP contribution is 2.30. The third-order valence-electron chi connectivity index (χ3n) is 7.28. The number of pyridine rings is 1. The standard InChI is InChI=1S/C32H35BrN6O3.CH4/c1-5-7-12-29-34-27-17-26(33)28(19-42-21(4)40)35-32(27)39(29)18-22-13-15-23(16-14-22)24-10-8-9-11-25(24)31-30(36-38-37-31)20(3)41-6-2;/h8-11,13-17,20,30H,5-7,12,18-19H2,1-4H3;1H4. The monoisotopic (exact) mass is 646 g/mol. The predicted molar refractivity (Wildman–Crippen MR) is 173 cm³/mol. The number of esters is 1. The van der Waals surface area contributed by atoms with Crippen LogP contribution in [-0.4, -0.2) is 45.0 Å². The van der Waals surface area contributed by atoms with Crippen molar-refractivity contribution < 1.29 is 14.3 Å². The largest absolute Gasteiger partial charge is 0.459 e. The van der Waals surface area contributed by atoms with E-state index in [-0.39, 0.29) is 32.1 Å². The molecule has 2 aromatic heterocycles. The Morgan fingerprint density at radius 2 is 1.81 bits per heavy atom. The minimum absolute atomic E-state index is 0. The van der Waals surface area contributed by atoms with Crippen LogP contribution in [0.1, 0.15) is 70.6 Å². The topological polar surface area (TPSA) is 103 Å². The summed E-state index contributed by atoms with van der Waals surface area (Å²) >= 11 is 3.57. The zero-order valence-electron chi connectivity index (χ0n) is 24.4. The molecule has 1 aliphatic rings. The van der Waals surface area contributed by atoms with E-state index in [0.29, 0.717) is 18.8 Å². The molecular weight excluding hydrogens is 608 g/mol. The average Bonchev–Trinajstić information content (AvgIpc) is 3.60. The van der Waals surface area contributed by atoms with Crippen molar-refractivity contribution in [2.45, 2.75) is 79.7 Å². The van der Waals surface area contributed by atoms with Gasteiger partial charge in [-0.2, -0.15) is 5.11 Å². The summed E-state index contributed by atoms with van der Waals surface area (Å²) in [6.45, 7) is 8.89. The molecule has 0 bridgehead atoms. The molecule has 2 unspecified atom stereocenters. The SMILES string of the molecule is C.CCCCc1nc2cc(Br)c(COC(C)=O)nc2n1Cc1ccc(-c2ccccc2C2=NN=NC2C(C)OCC)cc1. The Labute approximate surface area is 261 Å². The zero-order valence-corrected chi connectivity index (χ0v) is 26.0. The maximum atomic E-state index is 11.4. The number of unbranched alkanes of at least 4 members (excludes halogenated alkanes) is 1. The van der Waals surface area contributed by atoms with Gasteiger partial charge < -0.3 is 14.0 Å². The number of halogens is 1. The van der Waals surface area contributed by atoms with Gasteiger partial charge in [0.1, 0.15) is 29.7 Å². The van der Waals surface area contributed by atoms with Crippen LogP contribution in [0.4, 0.5) is 0 Å². The van der Waals surface area contributed by atoms with Crippen LogP contribution < -0.4 is 0 Å². The second-order valence-electron chi connectivity index (χ2n) is 10.3. The molecule has 1 aliphatic heterocycles. The number of aromatic nitrogens is 3. The fourth-order valence-electron chi connectivity index (χ4n) is 5.13. The lowest BCUT2D eigenvalue weighted by Crippen LogP contribution is -2.31. The van der Waals surface area contributed by atoms with Crippen molar-refractivity contribution in [3.05, 3.63) is 81.7 Å². The number of hydrogen-bond donors (Lipinski definition) is 0. The van der Waals surface area contributed by atoms with Crippen LogP contribution in [-0.2, 0) is 33.8 Å². The van der Waals surface area contributed by atoms with Gasteiger partial charge in [-0.15, -0.1) is 5.10 Å². The summed E-state index contributed by atoms with van der Waals surface area (Å²) in [7, 11) is 0. The van der Waals surface area contributed by atoms with Gasteiger partial charge >= 0.3 is 5.97 Å². The van der Waals surface area contributed by atoms with Gasteiger partial charge in [0, 0.05) is 30.0 Å². The first-order valence-corrected chi connectivity index (χ1v) is 15.1. The van der Waals surface area contributed by atoms with Gasteiger partial charge in [0.05, 0.1) is 18.3 Å². The molecule has 9 nitrogen and oxygen atoms in total. The Bertz CT molecular complexity index is 1630. The van der Waals surface area contributed by atoms with Crippen molar-refractivity contribution in [3.63, 3.8) is 0 Å². The third kappa shape index (κ3) is 7.25. The molecule has 4 aromatic rings. The molecule has 2 aromatic carbocycles. The fraction of sp³-hybridized carbons (Fsp3) is 0.394. The minimum atomic E-state index is -0.342. The summed E-state index contributed by atoms with van der Waals surface area (Å²) in [6.07, 6.45) is 2.84. The fourth-order valence-corrected chi connectivity index (χ4v) is 5.55. The van der Waals surface area contributed by atoms with Crippen molar-refractivity contribution in [3.8, 4) is 11.1 Å². The number of aryl methyl sites for hydroxylation is 1. The molecule has 226 valence electrons. The van der Waals surface area contributed by atoms with Gasteiger partial charge in [-0.05, 0) is 64.2 Å². The lowest BCUT2D eigenvalue weighted by Gasteiger charge is -2.19. The van der Waals surface area contributed by atoms with Crippen LogP contribution in [0.3, 0.4) is 0 Å². The van der Waals surface area contributed by atoms with E-state index in [9.17, 15) is 4.79 Å². The number of fused-ring (bicyclic) bond motifs is 1. The van der Waals surface area contributed by atoms with Crippen LogP contribution in [0.15, 0.2) is 74.5 Å². The molecule has 0 aliphatic carbocycles. The van der Waals surface area contributed by atoms with Crippen LogP contribution >= 0.6 is 15.9 Å². The summed E-state index contributed by atoms with van der Waals surface area (Å²) in [6, 6.07) is 18.5. The van der Waals surface area contributed by atoms with Gasteiger partial charge in [-0.1, -0.05) is 69.3 Å². The molecule has 0 saturated carbocycles. The molecule has 0 radical (unpaired) electrons. The van der Waals surface area contributed by atoms with Gasteiger partial charge in [0.2, 0.25) is 0 Å². The molecule has 0 spiro atoms. The maximum absolute atomic E-state index is 11.4. The summed E-state index contributed by atoms with van der Waals surface area (Å²) in [4.78, 5) is 21.2. The lowest BCUT2D eigenvalue weighted by atomic mass is 9.92. The van der Waals surface area contributed by atoms with Crippen molar-refractivity contribution in [1.82, 2.24) is 14.5 Å². The van der Waals surface area contributed by atoms with Crippen molar-refractivity contribution in [2.24, 2.45) is 15.4 Å². The highest BCUT2D eigenvalue weighted by atomic mass is 79.9. The number of benzene rings is 2. The van der Waals surface area contributed by atoms with Gasteiger partial charge in [-0.25, -0.2) is 9.97 Å². The summed E-state index contributed by atoms with van der Waals surface area (Å²) < 4.78 is 14.0. The van der Waals surface area contributed by atoms with E-state index in [1.165, 1.54) is 6.92 Å². The second-order valence-corrected chi connectivity index (χ2v) is 11.1. The van der Waals surface area contributed by atoms with E-state index in [1.807, 2.05) is 32.0 Å². The summed E-state index contributed by atoms with van der Waals surface area (Å²) in [5.74, 6) is 0.650. The summed E-state index contributed by atoms with van der Waals surface area (Å²) in [5.41, 5.74) is 7.37. The second kappa shape index (κ2) is 14.6. The van der Waals surface area contributed by atoms with E-state index >= 15 is 0 Å². The number of rotatable bonds is 12. The first kappa shape index (κ1) is 32.2. The molecule has 10 heteroatoms. The minimum Gasteiger partial charge on any atom is -0.459 e. The average molecular weight is 648 g/mol. The predicted octanol–water partition coefficient (Wildman–Crippen LogP) is 7.91. The number of nitrogens with zero attached hydrogens (tertiary/aromatic N) is 6. The number of carbonyl (C=O) groups excluding carboxylic acids is 1. The molecule has 0 N–H and O–H groups in total. The number of hydrogen-bond acceptors (Lipinski definition) is 8. The Morgan fingerprint density at radius 3 is 2.51 bits per heavy atom. The molecule has 5 rings (SSSR count). The van der Waals surface area contributed by atoms with E-state index in [4.69, 9.17) is 19.4 Å². The van der Waals surface area contributed by atoms with Gasteiger partial charge in [-0.3, -0.25) is 4.79 Å². The molecule has 43 heavy (non-hydrogen) atoms. The Balaban J connectivity index is 0.00000423. The lowest BCUT2D eigenvalue weighted by molar-refractivity contribution is -0.142. The molecule has 2 atom stereocenters. The number of imidazole rings is 1. The Morgan fingerprint density at radius 1 is 1.07 bits per heavy atom. The van der Waals surface area contributed by atoms with E-state index in [0.717, 1.165) is 68.7 Å². The molecular formula is C33H39BrN6O3.